The van der Waals surface area contributed by atoms with Gasteiger partial charge in [0, 0.05) is 11.9 Å². The lowest BCUT2D eigenvalue weighted by atomic mass is 9.82. The molecule has 5 heteroatoms. The number of fused-ring (bicyclic) bond motifs is 2. The summed E-state index contributed by atoms with van der Waals surface area (Å²) in [4.78, 5) is 12.2. The van der Waals surface area contributed by atoms with E-state index >= 15 is 0 Å². The van der Waals surface area contributed by atoms with Gasteiger partial charge >= 0.3 is 5.97 Å². The van der Waals surface area contributed by atoms with Crippen LogP contribution in [0, 0.1) is 5.92 Å². The van der Waals surface area contributed by atoms with E-state index in [1.165, 1.54) is 0 Å². The summed E-state index contributed by atoms with van der Waals surface area (Å²) in [7, 11) is 5.90. The first-order valence-corrected chi connectivity index (χ1v) is 7.31. The minimum atomic E-state index is -0.655. The average Bonchev–Trinajstić information content (AvgIpc) is 2.84. The molecule has 0 amide bonds. The lowest BCUT2D eigenvalue weighted by Crippen LogP contribution is -2.46. The zero-order valence-corrected chi connectivity index (χ0v) is 12.3. The predicted molar refractivity (Wildman–Crippen MR) is 77.7 cm³/mol. The number of hydrogen-bond donors (Lipinski definition) is 0. The Morgan fingerprint density at radius 3 is 2.67 bits per heavy atom. The van der Waals surface area contributed by atoms with E-state index in [0.717, 1.165) is 5.56 Å². The Labute approximate surface area is 126 Å². The van der Waals surface area contributed by atoms with Crippen molar-refractivity contribution in [3.8, 4) is 0 Å². The van der Waals surface area contributed by atoms with Gasteiger partial charge in [-0.25, -0.2) is 0 Å². The largest absolute Gasteiger partial charge is 0.461 e. The Balaban J connectivity index is 1.62. The van der Waals surface area contributed by atoms with Crippen molar-refractivity contribution in [2.24, 2.45) is 5.92 Å². The van der Waals surface area contributed by atoms with E-state index in [4.69, 9.17) is 22.1 Å². The third-order valence-electron chi connectivity index (χ3n) is 4.66. The van der Waals surface area contributed by atoms with Crippen LogP contribution in [0.3, 0.4) is 0 Å². The Bertz CT molecular complexity index is 520. The Morgan fingerprint density at radius 1 is 1.33 bits per heavy atom. The molecule has 2 aliphatic heterocycles. The van der Waals surface area contributed by atoms with Crippen molar-refractivity contribution in [3.05, 3.63) is 35.9 Å². The number of esters is 1. The molecular formula is C16H19BO4. The van der Waals surface area contributed by atoms with Gasteiger partial charge in [0.1, 0.15) is 20.1 Å². The summed E-state index contributed by atoms with van der Waals surface area (Å²) < 4.78 is 17.0. The van der Waals surface area contributed by atoms with Crippen LogP contribution in [0.5, 0.6) is 0 Å². The number of carbonyl (C=O) groups is 1. The third kappa shape index (κ3) is 2.49. The highest BCUT2D eigenvalue weighted by atomic mass is 16.6. The molecule has 5 atom stereocenters. The molecule has 2 fully saturated rings. The van der Waals surface area contributed by atoms with E-state index < -0.39 is 11.6 Å². The normalized spacial score (nSPS) is 37.6. The molecule has 1 aromatic carbocycles. The van der Waals surface area contributed by atoms with E-state index in [1.807, 2.05) is 44.2 Å². The second-order valence-electron chi connectivity index (χ2n) is 5.89. The summed E-state index contributed by atoms with van der Waals surface area (Å²) in [5, 5.41) is 0. The van der Waals surface area contributed by atoms with Crippen molar-refractivity contribution in [1.82, 2.24) is 0 Å². The fourth-order valence-corrected chi connectivity index (χ4v) is 3.36. The molecule has 2 saturated heterocycles. The quantitative estimate of drug-likeness (QED) is 0.625. The van der Waals surface area contributed by atoms with Crippen LogP contribution in [0.2, 0.25) is 0 Å². The fraction of sp³-hybridized carbons (Fsp3) is 0.562. The zero-order valence-electron chi connectivity index (χ0n) is 12.3. The number of rotatable bonds is 4. The number of hydrogen-bond acceptors (Lipinski definition) is 4. The van der Waals surface area contributed by atoms with Crippen LogP contribution >= 0.6 is 0 Å². The highest BCUT2D eigenvalue weighted by molar-refractivity contribution is 6.11. The van der Waals surface area contributed by atoms with Gasteiger partial charge in [-0.2, -0.15) is 0 Å². The van der Waals surface area contributed by atoms with Crippen LogP contribution < -0.4 is 0 Å². The van der Waals surface area contributed by atoms with Crippen LogP contribution in [0.4, 0.5) is 0 Å². The van der Waals surface area contributed by atoms with Crippen molar-refractivity contribution in [1.29, 1.82) is 0 Å². The SMILES string of the molecule is [B][C@@H]1O[C@]2(CC(=O)OCc3ccccc3)C(C)C1O[C@H]2C. The molecule has 2 bridgehead atoms. The van der Waals surface area contributed by atoms with E-state index in [-0.39, 0.29) is 37.1 Å². The molecule has 0 saturated carbocycles. The van der Waals surface area contributed by atoms with Crippen LogP contribution in [0.1, 0.15) is 25.8 Å². The molecule has 4 nitrogen and oxygen atoms in total. The van der Waals surface area contributed by atoms with Crippen molar-refractivity contribution in [2.75, 3.05) is 0 Å². The van der Waals surface area contributed by atoms with Crippen molar-refractivity contribution in [2.45, 2.75) is 50.7 Å². The van der Waals surface area contributed by atoms with Crippen molar-refractivity contribution >= 4 is 13.8 Å². The topological polar surface area (TPSA) is 44.8 Å². The van der Waals surface area contributed by atoms with Crippen LogP contribution in [0.25, 0.3) is 0 Å². The van der Waals surface area contributed by atoms with Crippen LogP contribution in [0.15, 0.2) is 30.3 Å². The minimum absolute atomic E-state index is 0.0896. The van der Waals surface area contributed by atoms with Gasteiger partial charge in [0.05, 0.1) is 18.6 Å². The summed E-state index contributed by atoms with van der Waals surface area (Å²) in [5.74, 6) is -0.192. The smallest absolute Gasteiger partial charge is 0.309 e. The van der Waals surface area contributed by atoms with E-state index in [2.05, 4.69) is 0 Å². The molecule has 2 heterocycles. The molecule has 21 heavy (non-hydrogen) atoms. The highest BCUT2D eigenvalue weighted by Crippen LogP contribution is 2.49. The van der Waals surface area contributed by atoms with Gasteiger partial charge in [-0.3, -0.25) is 4.79 Å². The maximum atomic E-state index is 12.2. The number of benzene rings is 1. The monoisotopic (exact) mass is 286 g/mol. The molecule has 0 aromatic heterocycles. The molecule has 3 rings (SSSR count). The summed E-state index contributed by atoms with van der Waals surface area (Å²) in [6, 6.07) is 9.15. The lowest BCUT2D eigenvalue weighted by molar-refractivity contribution is -0.175. The second kappa shape index (κ2) is 5.46. The Morgan fingerprint density at radius 2 is 2.05 bits per heavy atom. The van der Waals surface area contributed by atoms with E-state index in [9.17, 15) is 4.79 Å². The van der Waals surface area contributed by atoms with Gasteiger partial charge in [0.25, 0.3) is 0 Å². The van der Waals surface area contributed by atoms with Crippen LogP contribution in [-0.2, 0) is 25.6 Å². The average molecular weight is 286 g/mol. The van der Waals surface area contributed by atoms with Gasteiger partial charge in [-0.15, -0.1) is 0 Å². The van der Waals surface area contributed by atoms with Gasteiger partial charge in [-0.1, -0.05) is 37.3 Å². The standard InChI is InChI=1S/C16H19BO4/c1-10-14-15(17)21-16(10,11(2)20-14)8-13(18)19-9-12-6-4-3-5-7-12/h3-7,10-11,14-15H,8-9H2,1-2H3/t10?,11-,14?,15+,16+/m0/s1. The van der Waals surface area contributed by atoms with E-state index in [1.54, 1.807) is 0 Å². The maximum Gasteiger partial charge on any atom is 0.309 e. The predicted octanol–water partition coefficient (Wildman–Crippen LogP) is 1.81. The number of carbonyl (C=O) groups excluding carboxylic acids is 1. The Hall–Kier alpha value is -1.33. The molecule has 2 radical (unpaired) electrons. The van der Waals surface area contributed by atoms with Gasteiger partial charge < -0.3 is 14.2 Å². The molecule has 0 aliphatic carbocycles. The molecule has 110 valence electrons. The first-order valence-electron chi connectivity index (χ1n) is 7.31. The number of ether oxygens (including phenoxy) is 3. The molecule has 2 aliphatic rings. The molecular weight excluding hydrogens is 267 g/mol. The molecule has 0 spiro atoms. The van der Waals surface area contributed by atoms with Gasteiger partial charge in [0.2, 0.25) is 0 Å². The fourth-order valence-electron chi connectivity index (χ4n) is 3.36. The molecule has 0 N–H and O–H groups in total. The molecule has 1 aromatic rings. The minimum Gasteiger partial charge on any atom is -0.461 e. The Kier molecular flexibility index (Phi) is 3.80. The van der Waals surface area contributed by atoms with Crippen molar-refractivity contribution in [3.63, 3.8) is 0 Å². The first kappa shape index (κ1) is 14.6. The lowest BCUT2D eigenvalue weighted by Gasteiger charge is -2.35. The maximum absolute atomic E-state index is 12.2. The van der Waals surface area contributed by atoms with Gasteiger partial charge in [-0.05, 0) is 12.5 Å². The second-order valence-corrected chi connectivity index (χ2v) is 5.89. The zero-order chi connectivity index (χ0) is 15.0. The van der Waals surface area contributed by atoms with Crippen LogP contribution in [-0.4, -0.2) is 37.6 Å². The summed E-state index contributed by atoms with van der Waals surface area (Å²) in [6.45, 7) is 4.22. The van der Waals surface area contributed by atoms with Crippen molar-refractivity contribution < 1.29 is 19.0 Å². The summed E-state index contributed by atoms with van der Waals surface area (Å²) in [5.41, 5.74) is 0.312. The summed E-state index contributed by atoms with van der Waals surface area (Å²) >= 11 is 0. The first-order chi connectivity index (χ1) is 10.0. The third-order valence-corrected chi connectivity index (χ3v) is 4.66. The van der Waals surface area contributed by atoms with E-state index in [0.29, 0.717) is 0 Å². The molecule has 2 unspecified atom stereocenters. The summed E-state index contributed by atoms with van der Waals surface area (Å²) in [6.07, 6.45) is -0.115. The van der Waals surface area contributed by atoms with Gasteiger partial charge in [0.15, 0.2) is 0 Å². The highest BCUT2D eigenvalue weighted by Gasteiger charge is 2.62.